The van der Waals surface area contributed by atoms with Crippen LogP contribution in [-0.2, 0) is 11.3 Å². The molecule has 1 aliphatic rings. The maximum Gasteiger partial charge on any atom is 0.331 e. The van der Waals surface area contributed by atoms with Gasteiger partial charge in [0.05, 0.1) is 7.11 Å². The van der Waals surface area contributed by atoms with Crippen LogP contribution in [0, 0.1) is 0 Å². The largest absolute Gasteiger partial charge is 0.497 e. The molecule has 2 aromatic rings. The normalized spacial score (nSPS) is 13.8. The number of aliphatic carboxylic acids is 1. The molecule has 0 radical (unpaired) electrons. The summed E-state index contributed by atoms with van der Waals surface area (Å²) in [5.74, 6) is -0.0269. The Morgan fingerprint density at radius 3 is 2.67 bits per heavy atom. The maximum atomic E-state index is 11.4. The van der Waals surface area contributed by atoms with Gasteiger partial charge >= 0.3 is 5.97 Å². The summed E-state index contributed by atoms with van der Waals surface area (Å²) in [6.45, 7) is 1.39. The number of carbonyl (C=O) groups is 1. The van der Waals surface area contributed by atoms with Gasteiger partial charge in [0.25, 0.3) is 0 Å². The molecule has 124 valence electrons. The van der Waals surface area contributed by atoms with Crippen LogP contribution in [0.2, 0.25) is 0 Å². The Kier molecular flexibility index (Phi) is 4.90. The first-order valence-corrected chi connectivity index (χ1v) is 8.47. The van der Waals surface area contributed by atoms with Crippen molar-refractivity contribution in [2.24, 2.45) is 0 Å². The summed E-state index contributed by atoms with van der Waals surface area (Å²) >= 11 is 3.47. The molecule has 0 bridgehead atoms. The number of methoxy groups -OCH3 is 1. The number of benzene rings is 2. The van der Waals surface area contributed by atoms with E-state index < -0.39 is 5.97 Å². The average Bonchev–Trinajstić information content (AvgIpc) is 2.75. The van der Waals surface area contributed by atoms with Gasteiger partial charge in [-0.05, 0) is 54.0 Å². The van der Waals surface area contributed by atoms with Crippen molar-refractivity contribution in [1.82, 2.24) is 0 Å². The van der Waals surface area contributed by atoms with E-state index in [4.69, 9.17) is 4.74 Å². The molecule has 1 N–H and O–H groups in total. The smallest absolute Gasteiger partial charge is 0.331 e. The van der Waals surface area contributed by atoms with E-state index in [1.54, 1.807) is 13.2 Å². The van der Waals surface area contributed by atoms with E-state index in [9.17, 15) is 9.90 Å². The fourth-order valence-electron chi connectivity index (χ4n) is 2.85. The highest BCUT2D eigenvalue weighted by molar-refractivity contribution is 9.10. The molecule has 1 aliphatic heterocycles. The molecule has 4 nitrogen and oxygen atoms in total. The third kappa shape index (κ3) is 3.62. The van der Waals surface area contributed by atoms with Crippen LogP contribution in [0.1, 0.15) is 17.5 Å². The highest BCUT2D eigenvalue weighted by Crippen LogP contribution is 2.31. The van der Waals surface area contributed by atoms with Gasteiger partial charge in [0, 0.05) is 28.8 Å². The standard InChI is InChI=1S/C19H18BrNO3/c1-24-17-5-2-13(3-6-17)12-21-9-8-14(19(22)23)10-15-11-16(20)4-7-18(15)21/h2-7,10-11H,8-9,12H2,1H3,(H,22,23). The molecule has 3 rings (SSSR count). The molecule has 0 spiro atoms. The minimum Gasteiger partial charge on any atom is -0.497 e. The minimum atomic E-state index is -0.854. The lowest BCUT2D eigenvalue weighted by Gasteiger charge is -2.25. The molecule has 5 heteroatoms. The van der Waals surface area contributed by atoms with E-state index >= 15 is 0 Å². The maximum absolute atomic E-state index is 11.4. The Bertz CT molecular complexity index is 784. The number of hydrogen-bond acceptors (Lipinski definition) is 3. The number of rotatable bonds is 4. The molecule has 24 heavy (non-hydrogen) atoms. The van der Waals surface area contributed by atoms with Crippen molar-refractivity contribution in [3.05, 3.63) is 63.6 Å². The lowest BCUT2D eigenvalue weighted by molar-refractivity contribution is -0.132. The first kappa shape index (κ1) is 16.6. The van der Waals surface area contributed by atoms with Crippen molar-refractivity contribution >= 4 is 33.7 Å². The van der Waals surface area contributed by atoms with Gasteiger partial charge in [0.2, 0.25) is 0 Å². The van der Waals surface area contributed by atoms with Gasteiger partial charge in [-0.25, -0.2) is 4.79 Å². The second kappa shape index (κ2) is 7.09. The molecule has 0 saturated heterocycles. The topological polar surface area (TPSA) is 49.8 Å². The molecular weight excluding hydrogens is 370 g/mol. The number of fused-ring (bicyclic) bond motifs is 1. The molecule has 0 atom stereocenters. The SMILES string of the molecule is COc1ccc(CN2CCC(C(=O)O)=Cc3cc(Br)ccc32)cc1. The third-order valence-electron chi connectivity index (χ3n) is 4.12. The van der Waals surface area contributed by atoms with Crippen LogP contribution < -0.4 is 9.64 Å². The van der Waals surface area contributed by atoms with Crippen LogP contribution in [-0.4, -0.2) is 24.7 Å². The van der Waals surface area contributed by atoms with E-state index in [1.807, 2.05) is 42.5 Å². The highest BCUT2D eigenvalue weighted by Gasteiger charge is 2.19. The number of halogens is 1. The molecule has 0 amide bonds. The molecule has 0 aromatic heterocycles. The molecule has 1 heterocycles. The van der Waals surface area contributed by atoms with Crippen LogP contribution in [0.25, 0.3) is 6.08 Å². The second-order valence-electron chi connectivity index (χ2n) is 5.70. The molecular formula is C19H18BrNO3. The molecule has 0 fully saturated rings. The van der Waals surface area contributed by atoms with E-state index in [2.05, 4.69) is 20.8 Å². The minimum absolute atomic E-state index is 0.437. The zero-order chi connectivity index (χ0) is 17.1. The van der Waals surface area contributed by atoms with Gasteiger partial charge in [0.1, 0.15) is 5.75 Å². The first-order valence-electron chi connectivity index (χ1n) is 7.68. The first-order chi connectivity index (χ1) is 11.6. The van der Waals surface area contributed by atoms with Gasteiger partial charge in [-0.3, -0.25) is 0 Å². The van der Waals surface area contributed by atoms with E-state index in [1.165, 1.54) is 0 Å². The summed E-state index contributed by atoms with van der Waals surface area (Å²) in [7, 11) is 1.65. The predicted molar refractivity (Wildman–Crippen MR) is 98.4 cm³/mol. The fraction of sp³-hybridized carbons (Fsp3) is 0.211. The molecule has 2 aromatic carbocycles. The lowest BCUT2D eigenvalue weighted by atomic mass is 10.1. The van der Waals surface area contributed by atoms with Gasteiger partial charge in [-0.1, -0.05) is 28.1 Å². The van der Waals surface area contributed by atoms with Crippen LogP contribution in [0.5, 0.6) is 5.75 Å². The quantitative estimate of drug-likeness (QED) is 0.847. The average molecular weight is 388 g/mol. The van der Waals surface area contributed by atoms with Crippen molar-refractivity contribution in [2.45, 2.75) is 13.0 Å². The Labute approximate surface area is 149 Å². The number of carboxylic acids is 1. The predicted octanol–water partition coefficient (Wildman–Crippen LogP) is 4.34. The van der Waals surface area contributed by atoms with Crippen molar-refractivity contribution in [2.75, 3.05) is 18.6 Å². The molecule has 0 saturated carbocycles. The summed E-state index contributed by atoms with van der Waals surface area (Å²) in [5.41, 5.74) is 3.56. The van der Waals surface area contributed by atoms with Gasteiger partial charge in [0.15, 0.2) is 0 Å². The van der Waals surface area contributed by atoms with E-state index in [0.29, 0.717) is 18.5 Å². The number of anilines is 1. The monoisotopic (exact) mass is 387 g/mol. The fourth-order valence-corrected chi connectivity index (χ4v) is 3.23. The van der Waals surface area contributed by atoms with Crippen molar-refractivity contribution in [1.29, 1.82) is 0 Å². The van der Waals surface area contributed by atoms with Gasteiger partial charge in [-0.2, -0.15) is 0 Å². The number of nitrogens with zero attached hydrogens (tertiary/aromatic N) is 1. The summed E-state index contributed by atoms with van der Waals surface area (Å²) < 4.78 is 6.14. The van der Waals surface area contributed by atoms with E-state index in [-0.39, 0.29) is 0 Å². The van der Waals surface area contributed by atoms with Crippen LogP contribution in [0.4, 0.5) is 5.69 Å². The number of carboxylic acid groups (broad SMARTS) is 1. The van der Waals surface area contributed by atoms with Crippen molar-refractivity contribution in [3.8, 4) is 5.75 Å². The van der Waals surface area contributed by atoms with Crippen LogP contribution in [0.3, 0.4) is 0 Å². The van der Waals surface area contributed by atoms with Crippen LogP contribution in [0.15, 0.2) is 52.5 Å². The second-order valence-corrected chi connectivity index (χ2v) is 6.61. The Morgan fingerprint density at radius 2 is 2.00 bits per heavy atom. The highest BCUT2D eigenvalue weighted by atomic mass is 79.9. The zero-order valence-corrected chi connectivity index (χ0v) is 14.9. The van der Waals surface area contributed by atoms with Gasteiger partial charge in [-0.15, -0.1) is 0 Å². The summed E-state index contributed by atoms with van der Waals surface area (Å²) in [5, 5.41) is 9.38. The van der Waals surface area contributed by atoms with Crippen molar-refractivity contribution < 1.29 is 14.6 Å². The number of ether oxygens (including phenoxy) is 1. The lowest BCUT2D eigenvalue weighted by Crippen LogP contribution is -2.24. The summed E-state index contributed by atoms with van der Waals surface area (Å²) in [6.07, 6.45) is 2.29. The van der Waals surface area contributed by atoms with Gasteiger partial charge < -0.3 is 14.7 Å². The Morgan fingerprint density at radius 1 is 1.25 bits per heavy atom. The molecule has 0 aliphatic carbocycles. The summed E-state index contributed by atoms with van der Waals surface area (Å²) in [4.78, 5) is 13.6. The van der Waals surface area contributed by atoms with E-state index in [0.717, 1.165) is 33.6 Å². The third-order valence-corrected chi connectivity index (χ3v) is 4.61. The number of hydrogen-bond donors (Lipinski definition) is 1. The van der Waals surface area contributed by atoms with Crippen molar-refractivity contribution in [3.63, 3.8) is 0 Å². The Balaban J connectivity index is 1.92. The van der Waals surface area contributed by atoms with Crippen LogP contribution >= 0.6 is 15.9 Å². The Hall–Kier alpha value is -2.27. The summed E-state index contributed by atoms with van der Waals surface area (Å²) in [6, 6.07) is 13.9. The zero-order valence-electron chi connectivity index (χ0n) is 13.3. The molecule has 0 unspecified atom stereocenters.